The van der Waals surface area contributed by atoms with Crippen molar-refractivity contribution in [1.82, 2.24) is 15.6 Å². The summed E-state index contributed by atoms with van der Waals surface area (Å²) in [6, 6.07) is 3.73. The van der Waals surface area contributed by atoms with Crippen LogP contribution in [-0.2, 0) is 11.3 Å². The summed E-state index contributed by atoms with van der Waals surface area (Å²) < 4.78 is 5.08. The lowest BCUT2D eigenvalue weighted by molar-refractivity contribution is -0.127. The van der Waals surface area contributed by atoms with E-state index in [0.29, 0.717) is 12.4 Å². The molecule has 1 atom stereocenters. The predicted octanol–water partition coefficient (Wildman–Crippen LogP) is 1.63. The Hall–Kier alpha value is -1.62. The van der Waals surface area contributed by atoms with Gasteiger partial charge in [-0.05, 0) is 37.4 Å². The van der Waals surface area contributed by atoms with Crippen molar-refractivity contribution in [2.75, 3.05) is 13.7 Å². The number of amides is 1. The molecule has 0 spiro atoms. The smallest absolute Gasteiger partial charge is 0.240 e. The van der Waals surface area contributed by atoms with Gasteiger partial charge in [0.2, 0.25) is 11.8 Å². The lowest BCUT2D eigenvalue weighted by atomic mass is 9.91. The van der Waals surface area contributed by atoms with Crippen molar-refractivity contribution in [3.8, 4) is 5.88 Å². The van der Waals surface area contributed by atoms with E-state index in [4.69, 9.17) is 4.74 Å². The molecule has 2 heterocycles. The molecule has 20 heavy (non-hydrogen) atoms. The van der Waals surface area contributed by atoms with Crippen molar-refractivity contribution in [3.63, 3.8) is 0 Å². The number of rotatable bonds is 6. The number of aromatic nitrogens is 1. The average Bonchev–Trinajstić information content (AvgIpc) is 2.95. The Morgan fingerprint density at radius 3 is 3.10 bits per heavy atom. The van der Waals surface area contributed by atoms with E-state index in [-0.39, 0.29) is 11.4 Å². The summed E-state index contributed by atoms with van der Waals surface area (Å²) in [6.45, 7) is 3.55. The van der Waals surface area contributed by atoms with Crippen LogP contribution in [0.2, 0.25) is 0 Å². The van der Waals surface area contributed by atoms with Gasteiger partial charge >= 0.3 is 0 Å². The third kappa shape index (κ3) is 3.28. The minimum atomic E-state index is -0.369. The van der Waals surface area contributed by atoms with Gasteiger partial charge in [-0.3, -0.25) is 4.79 Å². The van der Waals surface area contributed by atoms with Gasteiger partial charge in [0, 0.05) is 18.8 Å². The van der Waals surface area contributed by atoms with Crippen LogP contribution in [-0.4, -0.2) is 30.1 Å². The fourth-order valence-electron chi connectivity index (χ4n) is 2.78. The number of pyridine rings is 1. The zero-order valence-electron chi connectivity index (χ0n) is 12.2. The summed E-state index contributed by atoms with van der Waals surface area (Å²) in [7, 11) is 1.59. The highest BCUT2D eigenvalue weighted by Gasteiger charge is 2.39. The van der Waals surface area contributed by atoms with Crippen molar-refractivity contribution in [1.29, 1.82) is 0 Å². The molecule has 2 rings (SSSR count). The van der Waals surface area contributed by atoms with E-state index in [9.17, 15) is 4.79 Å². The Morgan fingerprint density at radius 1 is 1.60 bits per heavy atom. The van der Waals surface area contributed by atoms with Gasteiger partial charge in [-0.15, -0.1) is 0 Å². The second kappa shape index (κ2) is 6.70. The minimum Gasteiger partial charge on any atom is -0.481 e. The highest BCUT2D eigenvalue weighted by molar-refractivity contribution is 5.86. The van der Waals surface area contributed by atoms with E-state index in [1.807, 2.05) is 12.1 Å². The van der Waals surface area contributed by atoms with Crippen LogP contribution in [0.15, 0.2) is 18.3 Å². The number of hydrogen-bond acceptors (Lipinski definition) is 4. The van der Waals surface area contributed by atoms with Gasteiger partial charge in [0.25, 0.3) is 0 Å². The van der Waals surface area contributed by atoms with Gasteiger partial charge in [-0.1, -0.05) is 13.3 Å². The molecular formula is C15H23N3O2. The van der Waals surface area contributed by atoms with Crippen molar-refractivity contribution in [2.24, 2.45) is 0 Å². The van der Waals surface area contributed by atoms with Crippen LogP contribution in [0, 0.1) is 0 Å². The van der Waals surface area contributed by atoms with Gasteiger partial charge in [0.1, 0.15) is 0 Å². The molecule has 0 bridgehead atoms. The number of nitrogens with zero attached hydrogens (tertiary/aromatic N) is 1. The maximum absolute atomic E-state index is 12.5. The summed E-state index contributed by atoms with van der Waals surface area (Å²) in [4.78, 5) is 16.5. The first-order valence-electron chi connectivity index (χ1n) is 7.22. The first kappa shape index (κ1) is 14.8. The molecule has 110 valence electrons. The van der Waals surface area contributed by atoms with Crippen LogP contribution < -0.4 is 15.4 Å². The quantitative estimate of drug-likeness (QED) is 0.829. The van der Waals surface area contributed by atoms with Gasteiger partial charge in [-0.25, -0.2) is 4.98 Å². The minimum absolute atomic E-state index is 0.104. The molecular weight excluding hydrogens is 254 g/mol. The summed E-state index contributed by atoms with van der Waals surface area (Å²) >= 11 is 0. The molecule has 1 saturated heterocycles. The van der Waals surface area contributed by atoms with E-state index < -0.39 is 0 Å². The topological polar surface area (TPSA) is 63.2 Å². The number of methoxy groups -OCH3 is 1. The second-order valence-corrected chi connectivity index (χ2v) is 5.25. The molecule has 1 aromatic heterocycles. The molecule has 1 aromatic rings. The van der Waals surface area contributed by atoms with Crippen LogP contribution in [0.1, 0.15) is 38.2 Å². The summed E-state index contributed by atoms with van der Waals surface area (Å²) in [5, 5.41) is 6.41. The third-order valence-corrected chi connectivity index (χ3v) is 3.82. The monoisotopic (exact) mass is 277 g/mol. The highest BCUT2D eigenvalue weighted by atomic mass is 16.5. The number of ether oxygens (including phenoxy) is 1. The number of carbonyl (C=O) groups is 1. The molecule has 0 aliphatic carbocycles. The standard InChI is InChI=1S/C15H23N3O2/c1-3-6-15(7-4-8-18-15)14(19)17-11-12-5-9-16-13(10-12)20-2/h5,9-10,18H,3-4,6-8,11H2,1-2H3,(H,17,19). The Balaban J connectivity index is 1.96. The van der Waals surface area contributed by atoms with Crippen LogP contribution in [0.3, 0.4) is 0 Å². The van der Waals surface area contributed by atoms with Crippen molar-refractivity contribution in [2.45, 2.75) is 44.7 Å². The van der Waals surface area contributed by atoms with Gasteiger partial charge in [-0.2, -0.15) is 0 Å². The Kier molecular flexibility index (Phi) is 4.95. The predicted molar refractivity (Wildman–Crippen MR) is 77.5 cm³/mol. The largest absolute Gasteiger partial charge is 0.481 e. The first-order chi connectivity index (χ1) is 9.70. The third-order valence-electron chi connectivity index (χ3n) is 3.82. The Labute approximate surface area is 120 Å². The zero-order chi connectivity index (χ0) is 14.4. The van der Waals surface area contributed by atoms with E-state index >= 15 is 0 Å². The molecule has 5 nitrogen and oxygen atoms in total. The van der Waals surface area contributed by atoms with Crippen LogP contribution in [0.4, 0.5) is 0 Å². The van der Waals surface area contributed by atoms with Gasteiger partial charge in [0.05, 0.1) is 12.6 Å². The molecule has 2 N–H and O–H groups in total. The fourth-order valence-corrected chi connectivity index (χ4v) is 2.78. The average molecular weight is 277 g/mol. The summed E-state index contributed by atoms with van der Waals surface area (Å²) in [6.07, 6.45) is 5.57. The Bertz CT molecular complexity index is 456. The number of nitrogens with one attached hydrogen (secondary N) is 2. The molecule has 1 unspecified atom stereocenters. The van der Waals surface area contributed by atoms with Crippen molar-refractivity contribution >= 4 is 5.91 Å². The first-order valence-corrected chi connectivity index (χ1v) is 7.22. The van der Waals surface area contributed by atoms with Crippen molar-refractivity contribution in [3.05, 3.63) is 23.9 Å². The molecule has 1 amide bonds. The normalized spacial score (nSPS) is 21.7. The lowest BCUT2D eigenvalue weighted by Gasteiger charge is -2.27. The van der Waals surface area contributed by atoms with Gasteiger partial charge < -0.3 is 15.4 Å². The number of hydrogen-bond donors (Lipinski definition) is 2. The molecule has 0 aromatic carbocycles. The second-order valence-electron chi connectivity index (χ2n) is 5.25. The lowest BCUT2D eigenvalue weighted by Crippen LogP contribution is -2.53. The fraction of sp³-hybridized carbons (Fsp3) is 0.600. The molecule has 1 aliphatic heterocycles. The van der Waals surface area contributed by atoms with E-state index in [1.54, 1.807) is 13.3 Å². The van der Waals surface area contributed by atoms with Crippen LogP contribution in [0.5, 0.6) is 5.88 Å². The molecule has 1 aliphatic rings. The van der Waals surface area contributed by atoms with E-state index in [1.165, 1.54) is 0 Å². The van der Waals surface area contributed by atoms with Gasteiger partial charge in [0.15, 0.2) is 0 Å². The maximum atomic E-state index is 12.5. The Morgan fingerprint density at radius 2 is 2.45 bits per heavy atom. The molecule has 1 fully saturated rings. The van der Waals surface area contributed by atoms with E-state index in [2.05, 4.69) is 22.5 Å². The maximum Gasteiger partial charge on any atom is 0.240 e. The van der Waals surface area contributed by atoms with Crippen LogP contribution in [0.25, 0.3) is 0 Å². The highest BCUT2D eigenvalue weighted by Crippen LogP contribution is 2.25. The van der Waals surface area contributed by atoms with Crippen LogP contribution >= 0.6 is 0 Å². The molecule has 0 radical (unpaired) electrons. The summed E-state index contributed by atoms with van der Waals surface area (Å²) in [5.41, 5.74) is 0.626. The zero-order valence-corrected chi connectivity index (χ0v) is 12.2. The molecule has 5 heteroatoms. The molecule has 0 saturated carbocycles. The van der Waals surface area contributed by atoms with E-state index in [0.717, 1.165) is 37.8 Å². The summed E-state index contributed by atoms with van der Waals surface area (Å²) in [5.74, 6) is 0.673. The SMILES string of the molecule is CCCC1(C(=O)NCc2ccnc(OC)c2)CCCN1. The number of carbonyl (C=O) groups excluding carboxylic acids is 1. The van der Waals surface area contributed by atoms with Crippen molar-refractivity contribution < 1.29 is 9.53 Å².